The number of ether oxygens (including phenoxy) is 2. The van der Waals surface area contributed by atoms with Crippen molar-refractivity contribution in [2.45, 2.75) is 84.2 Å². The highest BCUT2D eigenvalue weighted by Gasteiger charge is 2.32. The summed E-state index contributed by atoms with van der Waals surface area (Å²) in [5, 5.41) is 0. The molecular weight excluding hydrogens is 481 g/mol. The molecule has 0 bridgehead atoms. The molecule has 156 valence electrons. The van der Waals surface area contributed by atoms with E-state index in [9.17, 15) is 4.79 Å². The van der Waals surface area contributed by atoms with Crippen LogP contribution in [-0.4, -0.2) is 32.2 Å². The van der Waals surface area contributed by atoms with Gasteiger partial charge >= 0.3 is 14.1 Å². The Balaban J connectivity index is 0.000000279. The quantitative estimate of drug-likeness (QED) is 0.221. The summed E-state index contributed by atoms with van der Waals surface area (Å²) in [5.74, 6) is 0. The van der Waals surface area contributed by atoms with E-state index in [0.29, 0.717) is 12.1 Å². The fourth-order valence-corrected chi connectivity index (χ4v) is 3.20. The van der Waals surface area contributed by atoms with Crippen LogP contribution < -0.4 is 0 Å². The minimum atomic E-state index is -2.24. The zero-order valence-corrected chi connectivity index (χ0v) is 19.1. The van der Waals surface area contributed by atoms with E-state index in [1.165, 1.54) is 64.2 Å². The number of carbonyl (C=O) groups is 1. The number of hydrogen-bond donors (Lipinski definition) is 0. The van der Waals surface area contributed by atoms with Crippen molar-refractivity contribution in [3.63, 3.8) is 0 Å². The summed E-state index contributed by atoms with van der Waals surface area (Å²) in [6.07, 6.45) is 11.8. The van der Waals surface area contributed by atoms with Crippen LogP contribution in [0.4, 0.5) is 4.79 Å². The third kappa shape index (κ3) is 15.0. The van der Waals surface area contributed by atoms with Crippen molar-refractivity contribution < 1.29 is 14.3 Å². The SMILES string of the molecule is C(=NC1CCCCC1)=NC1CCCCC1.O=C(OC(Cl)(Cl)Cl)OC(Cl)(Cl)Cl. The maximum absolute atomic E-state index is 10.5. The molecule has 2 rings (SSSR count). The molecule has 0 amide bonds. The van der Waals surface area contributed by atoms with Gasteiger partial charge in [-0.1, -0.05) is 38.5 Å². The topological polar surface area (TPSA) is 60.2 Å². The lowest BCUT2D eigenvalue weighted by atomic mass is 9.96. The molecule has 0 spiro atoms. The molecule has 5 nitrogen and oxygen atoms in total. The summed E-state index contributed by atoms with van der Waals surface area (Å²) in [6, 6.07) is 4.04. The molecule has 0 aliphatic heterocycles. The number of rotatable bonds is 2. The van der Waals surface area contributed by atoms with Gasteiger partial charge in [-0.05, 0) is 95.3 Å². The highest BCUT2D eigenvalue weighted by atomic mass is 35.6. The highest BCUT2D eigenvalue weighted by Crippen LogP contribution is 2.32. The lowest BCUT2D eigenvalue weighted by Crippen LogP contribution is -2.22. The standard InChI is InChI=1S/C13H22N2.C3Cl6O3/c1-3-7-12(8-4-1)14-11-15-13-9-5-2-6-10-13;4-2(5,6)11-1(10)12-3(7,8)9/h12-13H,1-10H2;. The van der Waals surface area contributed by atoms with Crippen LogP contribution >= 0.6 is 69.6 Å². The second-order valence-corrected chi connectivity index (χ2v) is 10.6. The number of alkyl halides is 6. The van der Waals surface area contributed by atoms with E-state index < -0.39 is 14.1 Å². The van der Waals surface area contributed by atoms with E-state index in [1.54, 1.807) is 0 Å². The molecule has 0 heterocycles. The Bertz CT molecular complexity index is 463. The molecule has 11 heteroatoms. The smallest absolute Gasteiger partial charge is 0.382 e. The molecule has 2 fully saturated rings. The van der Waals surface area contributed by atoms with Gasteiger partial charge in [0.2, 0.25) is 0 Å². The normalized spacial score (nSPS) is 19.2. The third-order valence-electron chi connectivity index (χ3n) is 4.03. The summed E-state index contributed by atoms with van der Waals surface area (Å²) >= 11 is 30.2. The van der Waals surface area contributed by atoms with Crippen molar-refractivity contribution >= 4 is 81.8 Å². The first-order valence-corrected chi connectivity index (χ1v) is 11.0. The van der Waals surface area contributed by atoms with Crippen molar-refractivity contribution in [1.29, 1.82) is 0 Å². The van der Waals surface area contributed by atoms with Crippen molar-refractivity contribution in [3.8, 4) is 0 Å². The van der Waals surface area contributed by atoms with Crippen LogP contribution in [0.2, 0.25) is 0 Å². The maximum atomic E-state index is 10.5. The maximum Gasteiger partial charge on any atom is 0.515 e. The number of nitrogens with zero attached hydrogens (tertiary/aromatic N) is 2. The van der Waals surface area contributed by atoms with Crippen LogP contribution in [0.25, 0.3) is 0 Å². The van der Waals surface area contributed by atoms with Crippen LogP contribution in [0, 0.1) is 0 Å². The van der Waals surface area contributed by atoms with Gasteiger partial charge in [-0.25, -0.2) is 14.8 Å². The van der Waals surface area contributed by atoms with Crippen LogP contribution in [0.15, 0.2) is 9.98 Å². The fraction of sp³-hybridized carbons (Fsp3) is 0.875. The Hall–Kier alpha value is 0.390. The third-order valence-corrected chi connectivity index (χ3v) is 4.49. The summed E-state index contributed by atoms with van der Waals surface area (Å²) in [5.41, 5.74) is 0. The average molecular weight is 503 g/mol. The van der Waals surface area contributed by atoms with Crippen LogP contribution in [-0.2, 0) is 9.47 Å². The first-order valence-electron chi connectivity index (χ1n) is 8.75. The van der Waals surface area contributed by atoms with Crippen LogP contribution in [0.5, 0.6) is 0 Å². The number of aliphatic imine (C=N–C) groups is 2. The minimum absolute atomic E-state index is 0.533. The molecule has 0 unspecified atom stereocenters. The predicted molar refractivity (Wildman–Crippen MR) is 112 cm³/mol. The van der Waals surface area contributed by atoms with Gasteiger partial charge in [0.05, 0.1) is 18.1 Å². The van der Waals surface area contributed by atoms with Crippen molar-refractivity contribution in [3.05, 3.63) is 0 Å². The Morgan fingerprint density at radius 2 is 1.04 bits per heavy atom. The van der Waals surface area contributed by atoms with Gasteiger partial charge in [-0.3, -0.25) is 0 Å². The minimum Gasteiger partial charge on any atom is -0.382 e. The highest BCUT2D eigenvalue weighted by molar-refractivity contribution is 6.67. The molecular formula is C16H22Cl6N2O3. The zero-order chi connectivity index (χ0) is 20.3. The second kappa shape index (κ2) is 12.8. The number of carbonyl (C=O) groups excluding carboxylic acids is 1. The molecule has 0 radical (unpaired) electrons. The summed E-state index contributed by atoms with van der Waals surface area (Å²) in [4.78, 5) is 19.4. The van der Waals surface area contributed by atoms with Gasteiger partial charge in [0.15, 0.2) is 0 Å². The first kappa shape index (κ1) is 25.4. The monoisotopic (exact) mass is 500 g/mol. The van der Waals surface area contributed by atoms with E-state index in [-0.39, 0.29) is 0 Å². The fourth-order valence-electron chi connectivity index (χ4n) is 2.83. The molecule has 2 aliphatic rings. The lowest BCUT2D eigenvalue weighted by Gasteiger charge is -2.17. The van der Waals surface area contributed by atoms with Crippen molar-refractivity contribution in [2.75, 3.05) is 0 Å². The number of halogens is 6. The lowest BCUT2D eigenvalue weighted by molar-refractivity contribution is 0.0508. The van der Waals surface area contributed by atoms with Gasteiger partial charge in [0.1, 0.15) is 0 Å². The van der Waals surface area contributed by atoms with Crippen LogP contribution in [0.3, 0.4) is 0 Å². The molecule has 0 N–H and O–H groups in total. The van der Waals surface area contributed by atoms with Crippen LogP contribution in [0.1, 0.15) is 64.2 Å². The van der Waals surface area contributed by atoms with Gasteiger partial charge in [0, 0.05) is 0 Å². The average Bonchev–Trinajstić information content (AvgIpc) is 2.54. The summed E-state index contributed by atoms with van der Waals surface area (Å²) in [7, 11) is 0. The largest absolute Gasteiger partial charge is 0.515 e. The number of hydrogen-bond acceptors (Lipinski definition) is 5. The molecule has 27 heavy (non-hydrogen) atoms. The van der Waals surface area contributed by atoms with E-state index >= 15 is 0 Å². The summed E-state index contributed by atoms with van der Waals surface area (Å²) in [6.45, 7) is 0. The molecule has 0 aromatic heterocycles. The van der Waals surface area contributed by atoms with Crippen molar-refractivity contribution in [2.24, 2.45) is 9.98 Å². The molecule has 0 aromatic rings. The van der Waals surface area contributed by atoms with E-state index in [1.807, 2.05) is 0 Å². The van der Waals surface area contributed by atoms with Gasteiger partial charge < -0.3 is 9.47 Å². The molecule has 0 aromatic carbocycles. The molecule has 0 atom stereocenters. The van der Waals surface area contributed by atoms with Gasteiger partial charge in [-0.15, -0.1) is 0 Å². The van der Waals surface area contributed by atoms with Gasteiger partial charge in [-0.2, -0.15) is 0 Å². The van der Waals surface area contributed by atoms with Crippen molar-refractivity contribution in [1.82, 2.24) is 0 Å². The zero-order valence-electron chi connectivity index (χ0n) is 14.6. The summed E-state index contributed by atoms with van der Waals surface area (Å²) < 4.78 is 3.50. The Labute approximate surface area is 189 Å². The first-order chi connectivity index (χ1) is 12.6. The Kier molecular flexibility index (Phi) is 12.1. The van der Waals surface area contributed by atoms with Gasteiger partial charge in [0.25, 0.3) is 0 Å². The van der Waals surface area contributed by atoms with E-state index in [0.717, 1.165) is 0 Å². The molecule has 2 saturated carbocycles. The molecule has 2 aliphatic carbocycles. The second-order valence-electron chi connectivity index (χ2n) is 6.29. The Morgan fingerprint density at radius 1 is 0.704 bits per heavy atom. The Morgan fingerprint density at radius 3 is 1.33 bits per heavy atom. The van der Waals surface area contributed by atoms with E-state index in [2.05, 4.69) is 25.5 Å². The molecule has 0 saturated heterocycles. The predicted octanol–water partition coefficient (Wildman–Crippen LogP) is 7.62. The van der Waals surface area contributed by atoms with E-state index in [4.69, 9.17) is 69.6 Å².